The second-order valence-electron chi connectivity index (χ2n) is 5.69. The fraction of sp³-hybridized carbons (Fsp3) is 0.294. The van der Waals surface area contributed by atoms with E-state index in [9.17, 15) is 18.3 Å². The van der Waals surface area contributed by atoms with Crippen molar-refractivity contribution in [1.82, 2.24) is 9.97 Å². The number of nitrogens with zero attached hydrogens (tertiary/aromatic N) is 2. The summed E-state index contributed by atoms with van der Waals surface area (Å²) in [5, 5.41) is 13.0. The van der Waals surface area contributed by atoms with Crippen LogP contribution in [0.15, 0.2) is 47.0 Å². The largest absolute Gasteiger partial charge is 0.463 e. The minimum atomic E-state index is -4.87. The number of furan rings is 1. The van der Waals surface area contributed by atoms with Gasteiger partial charge in [0.2, 0.25) is 5.60 Å². The van der Waals surface area contributed by atoms with E-state index in [1.807, 2.05) is 6.07 Å². The van der Waals surface area contributed by atoms with E-state index in [0.29, 0.717) is 22.6 Å². The van der Waals surface area contributed by atoms with Crippen molar-refractivity contribution >= 4 is 16.9 Å². The van der Waals surface area contributed by atoms with Crippen molar-refractivity contribution in [3.8, 4) is 0 Å². The summed E-state index contributed by atoms with van der Waals surface area (Å²) in [5.41, 5.74) is -1.76. The molecule has 0 amide bonds. The van der Waals surface area contributed by atoms with Crippen molar-refractivity contribution in [3.63, 3.8) is 0 Å². The van der Waals surface area contributed by atoms with Gasteiger partial charge in [0.05, 0.1) is 17.2 Å². The SMILES string of the molecule is Cc1ccc(C(O)(CCNc2cnc3ccccc3n2)C(F)(F)F)o1. The second kappa shape index (κ2) is 6.36. The van der Waals surface area contributed by atoms with Crippen LogP contribution in [-0.4, -0.2) is 27.8 Å². The molecule has 5 nitrogen and oxygen atoms in total. The number of fused-ring (bicyclic) bond motifs is 1. The highest BCUT2D eigenvalue weighted by molar-refractivity contribution is 5.75. The maximum Gasteiger partial charge on any atom is 0.424 e. The van der Waals surface area contributed by atoms with Gasteiger partial charge in [0.25, 0.3) is 0 Å². The molecule has 1 aromatic carbocycles. The Labute approximate surface area is 141 Å². The highest BCUT2D eigenvalue weighted by atomic mass is 19.4. The molecular weight excluding hydrogens is 335 g/mol. The first-order valence-corrected chi connectivity index (χ1v) is 7.61. The summed E-state index contributed by atoms with van der Waals surface area (Å²) < 4.78 is 45.1. The van der Waals surface area contributed by atoms with E-state index in [0.717, 1.165) is 6.07 Å². The predicted molar refractivity (Wildman–Crippen MR) is 86.0 cm³/mol. The molecule has 25 heavy (non-hydrogen) atoms. The molecule has 3 rings (SSSR count). The van der Waals surface area contributed by atoms with Crippen LogP contribution in [0, 0.1) is 6.92 Å². The highest BCUT2D eigenvalue weighted by Crippen LogP contribution is 2.42. The van der Waals surface area contributed by atoms with Crippen LogP contribution in [0.2, 0.25) is 0 Å². The van der Waals surface area contributed by atoms with E-state index in [-0.39, 0.29) is 6.54 Å². The molecule has 1 atom stereocenters. The number of rotatable bonds is 5. The van der Waals surface area contributed by atoms with Crippen LogP contribution in [0.25, 0.3) is 11.0 Å². The van der Waals surface area contributed by atoms with Crippen LogP contribution < -0.4 is 5.32 Å². The summed E-state index contributed by atoms with van der Waals surface area (Å²) in [6, 6.07) is 9.67. The maximum atomic E-state index is 13.4. The smallest absolute Gasteiger partial charge is 0.424 e. The van der Waals surface area contributed by atoms with Crippen molar-refractivity contribution in [2.24, 2.45) is 0 Å². The van der Waals surface area contributed by atoms with E-state index in [2.05, 4.69) is 15.3 Å². The number of aliphatic hydroxyl groups is 1. The minimum absolute atomic E-state index is 0.164. The van der Waals surface area contributed by atoms with Gasteiger partial charge in [-0.2, -0.15) is 13.2 Å². The minimum Gasteiger partial charge on any atom is -0.463 e. The number of aromatic nitrogens is 2. The Hall–Kier alpha value is -2.61. The Bertz CT molecular complexity index is 879. The molecule has 0 fully saturated rings. The van der Waals surface area contributed by atoms with Gasteiger partial charge < -0.3 is 14.8 Å². The molecule has 3 aromatic rings. The Morgan fingerprint density at radius 3 is 2.48 bits per heavy atom. The second-order valence-corrected chi connectivity index (χ2v) is 5.69. The number of para-hydroxylation sites is 2. The highest BCUT2D eigenvalue weighted by Gasteiger charge is 2.56. The van der Waals surface area contributed by atoms with Crippen molar-refractivity contribution < 1.29 is 22.7 Å². The van der Waals surface area contributed by atoms with Crippen LogP contribution in [-0.2, 0) is 5.60 Å². The lowest BCUT2D eigenvalue weighted by atomic mass is 9.96. The molecule has 0 spiro atoms. The molecule has 2 heterocycles. The van der Waals surface area contributed by atoms with Crippen molar-refractivity contribution in [3.05, 3.63) is 54.1 Å². The first-order valence-electron chi connectivity index (χ1n) is 7.61. The summed E-state index contributed by atoms with van der Waals surface area (Å²) >= 11 is 0. The van der Waals surface area contributed by atoms with Gasteiger partial charge >= 0.3 is 6.18 Å². The van der Waals surface area contributed by atoms with Crippen LogP contribution in [0.4, 0.5) is 19.0 Å². The lowest BCUT2D eigenvalue weighted by Crippen LogP contribution is -2.43. The lowest BCUT2D eigenvalue weighted by Gasteiger charge is -2.28. The molecule has 0 aliphatic rings. The zero-order valence-electron chi connectivity index (χ0n) is 13.3. The van der Waals surface area contributed by atoms with E-state index >= 15 is 0 Å². The maximum absolute atomic E-state index is 13.4. The fourth-order valence-corrected chi connectivity index (χ4v) is 2.48. The van der Waals surface area contributed by atoms with E-state index in [1.165, 1.54) is 19.2 Å². The number of nitrogens with one attached hydrogen (secondary N) is 1. The van der Waals surface area contributed by atoms with Gasteiger partial charge in [0.15, 0.2) is 0 Å². The van der Waals surface area contributed by atoms with E-state index < -0.39 is 24.0 Å². The predicted octanol–water partition coefficient (Wildman–Crippen LogP) is 3.78. The normalized spacial score (nSPS) is 14.4. The average Bonchev–Trinajstić information content (AvgIpc) is 3.00. The summed E-state index contributed by atoms with van der Waals surface area (Å²) in [6.07, 6.45) is -4.06. The number of anilines is 1. The molecule has 0 saturated heterocycles. The lowest BCUT2D eigenvalue weighted by molar-refractivity contribution is -0.274. The number of benzene rings is 1. The van der Waals surface area contributed by atoms with Crippen LogP contribution in [0.5, 0.6) is 0 Å². The van der Waals surface area contributed by atoms with Gasteiger partial charge in [0, 0.05) is 13.0 Å². The van der Waals surface area contributed by atoms with Gasteiger partial charge in [0.1, 0.15) is 17.3 Å². The molecule has 0 saturated carbocycles. The van der Waals surface area contributed by atoms with Crippen molar-refractivity contribution in [2.75, 3.05) is 11.9 Å². The van der Waals surface area contributed by atoms with Crippen molar-refractivity contribution in [2.45, 2.75) is 25.1 Å². The first kappa shape index (κ1) is 17.2. The monoisotopic (exact) mass is 351 g/mol. The molecule has 0 radical (unpaired) electrons. The van der Waals surface area contributed by atoms with E-state index in [4.69, 9.17) is 4.42 Å². The Morgan fingerprint density at radius 2 is 1.84 bits per heavy atom. The Kier molecular flexibility index (Phi) is 4.38. The third-order valence-electron chi connectivity index (χ3n) is 3.86. The number of halogens is 3. The quantitative estimate of drug-likeness (QED) is 0.732. The van der Waals surface area contributed by atoms with Gasteiger partial charge in [-0.25, -0.2) is 4.98 Å². The number of hydrogen-bond donors (Lipinski definition) is 2. The molecule has 2 N–H and O–H groups in total. The average molecular weight is 351 g/mol. The zero-order chi connectivity index (χ0) is 18.1. The van der Waals surface area contributed by atoms with Gasteiger partial charge in [-0.05, 0) is 31.2 Å². The Morgan fingerprint density at radius 1 is 1.12 bits per heavy atom. The number of hydrogen-bond acceptors (Lipinski definition) is 5. The molecule has 8 heteroatoms. The zero-order valence-corrected chi connectivity index (χ0v) is 13.3. The third kappa shape index (κ3) is 3.43. The molecule has 0 bridgehead atoms. The third-order valence-corrected chi connectivity index (χ3v) is 3.86. The molecule has 0 aliphatic heterocycles. The first-order chi connectivity index (χ1) is 11.8. The fourth-order valence-electron chi connectivity index (χ4n) is 2.48. The number of aryl methyl sites for hydroxylation is 1. The van der Waals surface area contributed by atoms with Gasteiger partial charge in [-0.1, -0.05) is 12.1 Å². The van der Waals surface area contributed by atoms with Crippen LogP contribution >= 0.6 is 0 Å². The topological polar surface area (TPSA) is 71.2 Å². The molecule has 132 valence electrons. The molecule has 0 aliphatic carbocycles. The summed E-state index contributed by atoms with van der Waals surface area (Å²) in [7, 11) is 0. The molecule has 2 aromatic heterocycles. The van der Waals surface area contributed by atoms with Gasteiger partial charge in [-0.15, -0.1) is 0 Å². The Balaban J connectivity index is 1.75. The summed E-state index contributed by atoms with van der Waals surface area (Å²) in [5.74, 6) is 0.105. The number of alkyl halides is 3. The van der Waals surface area contributed by atoms with Gasteiger partial charge in [-0.3, -0.25) is 4.98 Å². The van der Waals surface area contributed by atoms with E-state index in [1.54, 1.807) is 18.2 Å². The standard InChI is InChI=1S/C17H16F3N3O2/c1-11-6-7-14(25-11)16(24,17(18,19)20)8-9-21-15-10-22-12-4-2-3-5-13(12)23-15/h2-7,10,24H,8-9H2,1H3,(H,21,23). The van der Waals surface area contributed by atoms with Crippen molar-refractivity contribution in [1.29, 1.82) is 0 Å². The summed E-state index contributed by atoms with van der Waals surface area (Å²) in [4.78, 5) is 8.45. The van der Waals surface area contributed by atoms with Crippen LogP contribution in [0.1, 0.15) is 17.9 Å². The molecular formula is C17H16F3N3O2. The van der Waals surface area contributed by atoms with Crippen LogP contribution in [0.3, 0.4) is 0 Å². The molecule has 1 unspecified atom stereocenters. The summed E-state index contributed by atoms with van der Waals surface area (Å²) in [6.45, 7) is 1.35.